The van der Waals surface area contributed by atoms with E-state index in [9.17, 15) is 4.79 Å². The van der Waals surface area contributed by atoms with Gasteiger partial charge in [0, 0.05) is 17.8 Å². The van der Waals surface area contributed by atoms with Gasteiger partial charge in [0.25, 0.3) is 5.91 Å². The van der Waals surface area contributed by atoms with Crippen LogP contribution < -0.4 is 16.8 Å². The van der Waals surface area contributed by atoms with Gasteiger partial charge in [-0.1, -0.05) is 36.4 Å². The Morgan fingerprint density at radius 1 is 1.00 bits per heavy atom. The Hall–Kier alpha value is -2.86. The lowest BCUT2D eigenvalue weighted by molar-refractivity contribution is 0.102. The number of nitrogens with two attached hydrogens (primary N) is 2. The van der Waals surface area contributed by atoms with Gasteiger partial charge in [0.05, 0.1) is 0 Å². The molecular formula is C15H17N3O3. The van der Waals surface area contributed by atoms with Crippen LogP contribution in [0.25, 0.3) is 0 Å². The first-order chi connectivity index (χ1) is 10.0. The first-order valence-corrected chi connectivity index (χ1v) is 6.17. The molecule has 2 aromatic rings. The predicted octanol–water partition coefficient (Wildman–Crippen LogP) is 2.02. The Labute approximate surface area is 122 Å². The minimum Gasteiger partial charge on any atom is -0.465 e. The van der Waals surface area contributed by atoms with Crippen LogP contribution in [0.15, 0.2) is 54.6 Å². The monoisotopic (exact) mass is 287 g/mol. The lowest BCUT2D eigenvalue weighted by Gasteiger charge is -2.09. The van der Waals surface area contributed by atoms with Gasteiger partial charge in [-0.05, 0) is 23.8 Å². The molecule has 0 heterocycles. The molecular weight excluding hydrogens is 270 g/mol. The molecule has 0 fully saturated rings. The number of carbonyl (C=O) groups is 2. The number of hydrogen-bond acceptors (Lipinski definition) is 3. The number of primary amides is 1. The molecule has 0 aliphatic carbocycles. The zero-order valence-corrected chi connectivity index (χ0v) is 11.3. The Morgan fingerprint density at radius 3 is 2.10 bits per heavy atom. The van der Waals surface area contributed by atoms with Crippen LogP contribution >= 0.6 is 0 Å². The molecule has 6 nitrogen and oxygen atoms in total. The average molecular weight is 287 g/mol. The van der Waals surface area contributed by atoms with E-state index in [4.69, 9.17) is 15.6 Å². The molecule has 0 saturated heterocycles. The zero-order chi connectivity index (χ0) is 15.7. The van der Waals surface area contributed by atoms with Gasteiger partial charge >= 0.3 is 6.09 Å². The van der Waals surface area contributed by atoms with E-state index in [-0.39, 0.29) is 5.91 Å². The molecule has 2 rings (SSSR count). The fourth-order valence-corrected chi connectivity index (χ4v) is 1.60. The van der Waals surface area contributed by atoms with Gasteiger partial charge in [-0.15, -0.1) is 0 Å². The van der Waals surface area contributed by atoms with Crippen molar-refractivity contribution in [2.75, 3.05) is 5.32 Å². The van der Waals surface area contributed by atoms with Crippen molar-refractivity contribution in [3.8, 4) is 0 Å². The normalized spacial score (nSPS) is 9.19. The molecule has 21 heavy (non-hydrogen) atoms. The van der Waals surface area contributed by atoms with Crippen molar-refractivity contribution >= 4 is 17.7 Å². The fourth-order valence-electron chi connectivity index (χ4n) is 1.60. The lowest BCUT2D eigenvalue weighted by Crippen LogP contribution is -2.14. The highest BCUT2D eigenvalue weighted by Gasteiger charge is 2.07. The van der Waals surface area contributed by atoms with Crippen LogP contribution in [0.3, 0.4) is 0 Å². The van der Waals surface area contributed by atoms with E-state index in [1.807, 2.05) is 42.5 Å². The zero-order valence-electron chi connectivity index (χ0n) is 11.3. The largest absolute Gasteiger partial charge is 0.465 e. The number of anilines is 1. The molecule has 0 radical (unpaired) electrons. The number of nitrogens with one attached hydrogen (secondary N) is 1. The highest BCUT2D eigenvalue weighted by atomic mass is 16.4. The summed E-state index contributed by atoms with van der Waals surface area (Å²) in [7, 11) is 0. The van der Waals surface area contributed by atoms with Gasteiger partial charge in [-0.3, -0.25) is 4.79 Å². The SMILES string of the molecule is NC(=O)O.NCc1ccccc1NC(=O)c1ccccc1. The van der Waals surface area contributed by atoms with Crippen molar-refractivity contribution < 1.29 is 14.7 Å². The summed E-state index contributed by atoms with van der Waals surface area (Å²) in [5, 5.41) is 10.1. The molecule has 2 aromatic carbocycles. The average Bonchev–Trinajstić information content (AvgIpc) is 2.48. The first-order valence-electron chi connectivity index (χ1n) is 6.17. The number of rotatable bonds is 3. The van der Waals surface area contributed by atoms with E-state index < -0.39 is 6.09 Å². The molecule has 0 bridgehead atoms. The molecule has 2 amide bonds. The van der Waals surface area contributed by atoms with E-state index in [2.05, 4.69) is 11.1 Å². The van der Waals surface area contributed by atoms with Gasteiger partial charge in [0.15, 0.2) is 0 Å². The van der Waals surface area contributed by atoms with Crippen LogP contribution in [0.4, 0.5) is 10.5 Å². The Morgan fingerprint density at radius 2 is 1.52 bits per heavy atom. The van der Waals surface area contributed by atoms with Gasteiger partial charge in [-0.25, -0.2) is 4.79 Å². The third-order valence-corrected chi connectivity index (χ3v) is 2.52. The molecule has 0 spiro atoms. The number of benzene rings is 2. The molecule has 0 aromatic heterocycles. The van der Waals surface area contributed by atoms with Crippen molar-refractivity contribution in [2.24, 2.45) is 11.5 Å². The van der Waals surface area contributed by atoms with E-state index in [0.717, 1.165) is 11.3 Å². The van der Waals surface area contributed by atoms with Crippen LogP contribution in [0.1, 0.15) is 15.9 Å². The molecule has 110 valence electrons. The minimum absolute atomic E-state index is 0.119. The first kappa shape index (κ1) is 16.2. The number of para-hydroxylation sites is 1. The summed E-state index contributed by atoms with van der Waals surface area (Å²) in [6.45, 7) is 0.408. The van der Waals surface area contributed by atoms with Crippen molar-refractivity contribution in [1.82, 2.24) is 0 Å². The lowest BCUT2D eigenvalue weighted by atomic mass is 10.1. The highest BCUT2D eigenvalue weighted by molar-refractivity contribution is 6.04. The van der Waals surface area contributed by atoms with Gasteiger partial charge in [0.2, 0.25) is 0 Å². The molecule has 6 heteroatoms. The van der Waals surface area contributed by atoms with E-state index in [0.29, 0.717) is 12.1 Å². The van der Waals surface area contributed by atoms with Gasteiger partial charge in [-0.2, -0.15) is 0 Å². The van der Waals surface area contributed by atoms with Gasteiger partial charge < -0.3 is 21.9 Å². The van der Waals surface area contributed by atoms with Gasteiger partial charge in [0.1, 0.15) is 0 Å². The summed E-state index contributed by atoms with van der Waals surface area (Å²) in [6.07, 6.45) is -1.33. The topological polar surface area (TPSA) is 118 Å². The summed E-state index contributed by atoms with van der Waals surface area (Å²) in [5.41, 5.74) is 12.0. The predicted molar refractivity (Wildman–Crippen MR) is 80.9 cm³/mol. The Balaban J connectivity index is 0.000000491. The summed E-state index contributed by atoms with van der Waals surface area (Å²) < 4.78 is 0. The molecule has 0 unspecified atom stereocenters. The quantitative estimate of drug-likeness (QED) is 0.690. The second kappa shape index (κ2) is 8.34. The summed E-state index contributed by atoms with van der Waals surface area (Å²) in [5.74, 6) is -0.119. The highest BCUT2D eigenvalue weighted by Crippen LogP contribution is 2.15. The third kappa shape index (κ3) is 5.75. The van der Waals surface area contributed by atoms with E-state index in [1.165, 1.54) is 0 Å². The molecule has 6 N–H and O–H groups in total. The minimum atomic E-state index is -1.33. The van der Waals surface area contributed by atoms with E-state index in [1.54, 1.807) is 12.1 Å². The molecule has 0 saturated carbocycles. The van der Waals surface area contributed by atoms with Crippen molar-refractivity contribution in [2.45, 2.75) is 6.54 Å². The third-order valence-electron chi connectivity index (χ3n) is 2.52. The molecule has 0 aliphatic rings. The summed E-state index contributed by atoms with van der Waals surface area (Å²) in [6, 6.07) is 16.6. The standard InChI is InChI=1S/C14H14N2O.CH3NO2/c15-10-12-8-4-5-9-13(12)16-14(17)11-6-2-1-3-7-11;2-1(3)4/h1-9H,10,15H2,(H,16,17);2H2,(H,3,4). The molecule has 0 atom stereocenters. The smallest absolute Gasteiger partial charge is 0.402 e. The van der Waals surface area contributed by atoms with Crippen LogP contribution in [0, 0.1) is 0 Å². The Bertz CT molecular complexity index is 596. The fraction of sp³-hybridized carbons (Fsp3) is 0.0667. The maximum Gasteiger partial charge on any atom is 0.402 e. The van der Waals surface area contributed by atoms with E-state index >= 15 is 0 Å². The maximum absolute atomic E-state index is 11.9. The number of hydrogen-bond donors (Lipinski definition) is 4. The second-order valence-electron chi connectivity index (χ2n) is 4.02. The summed E-state index contributed by atoms with van der Waals surface area (Å²) >= 11 is 0. The Kier molecular flexibility index (Phi) is 6.43. The van der Waals surface area contributed by atoms with Crippen LogP contribution in [-0.2, 0) is 6.54 Å². The molecule has 0 aliphatic heterocycles. The number of carboxylic acid groups (broad SMARTS) is 1. The van der Waals surface area contributed by atoms with Crippen molar-refractivity contribution in [3.05, 3.63) is 65.7 Å². The van der Waals surface area contributed by atoms with Crippen LogP contribution in [0.5, 0.6) is 0 Å². The van der Waals surface area contributed by atoms with Crippen LogP contribution in [0.2, 0.25) is 0 Å². The van der Waals surface area contributed by atoms with Crippen molar-refractivity contribution in [3.63, 3.8) is 0 Å². The number of carbonyl (C=O) groups excluding carboxylic acids is 1. The maximum atomic E-state index is 11.9. The second-order valence-corrected chi connectivity index (χ2v) is 4.02. The van der Waals surface area contributed by atoms with Crippen molar-refractivity contribution in [1.29, 1.82) is 0 Å². The number of amides is 2. The summed E-state index contributed by atoms with van der Waals surface area (Å²) in [4.78, 5) is 20.7. The van der Waals surface area contributed by atoms with Crippen LogP contribution in [-0.4, -0.2) is 17.1 Å².